The molecule has 1 atom stereocenters. The Morgan fingerprint density at radius 3 is 2.46 bits per heavy atom. The number of carbonyl (C=O) groups excluding carboxylic acids is 2. The van der Waals surface area contributed by atoms with Gasteiger partial charge in [0.05, 0.1) is 12.1 Å². The predicted octanol–water partition coefficient (Wildman–Crippen LogP) is 2.52. The highest BCUT2D eigenvalue weighted by Crippen LogP contribution is 2.46. The second-order valence-corrected chi connectivity index (χ2v) is 6.68. The summed E-state index contributed by atoms with van der Waals surface area (Å²) < 4.78 is 27.4. The first kappa shape index (κ1) is 16.6. The van der Waals surface area contributed by atoms with Crippen molar-refractivity contribution >= 4 is 11.8 Å². The zero-order chi connectivity index (χ0) is 17.5. The van der Waals surface area contributed by atoms with Crippen LogP contribution in [0.2, 0.25) is 0 Å². The minimum Gasteiger partial charge on any atom is -0.345 e. The third-order valence-corrected chi connectivity index (χ3v) is 4.75. The summed E-state index contributed by atoms with van der Waals surface area (Å²) in [7, 11) is 0. The third kappa shape index (κ3) is 3.05. The van der Waals surface area contributed by atoms with E-state index < -0.39 is 42.3 Å². The molecule has 1 saturated heterocycles. The number of rotatable bonds is 4. The van der Waals surface area contributed by atoms with Crippen LogP contribution in [-0.4, -0.2) is 35.2 Å². The van der Waals surface area contributed by atoms with Crippen molar-refractivity contribution in [3.63, 3.8) is 0 Å². The van der Waals surface area contributed by atoms with Crippen molar-refractivity contribution in [3.05, 3.63) is 48.0 Å². The molecule has 0 spiro atoms. The molecule has 2 aliphatic rings. The summed E-state index contributed by atoms with van der Waals surface area (Å²) in [6, 6.07) is 6.64. The van der Waals surface area contributed by atoms with Crippen molar-refractivity contribution in [2.75, 3.05) is 6.54 Å². The van der Waals surface area contributed by atoms with Crippen LogP contribution in [0.15, 0.2) is 36.9 Å². The molecular formula is C18H20F2N2O2. The van der Waals surface area contributed by atoms with Gasteiger partial charge in [0.1, 0.15) is 6.04 Å². The van der Waals surface area contributed by atoms with E-state index in [2.05, 4.69) is 11.9 Å². The highest BCUT2D eigenvalue weighted by molar-refractivity contribution is 5.93. The van der Waals surface area contributed by atoms with Gasteiger partial charge < -0.3 is 10.2 Å². The number of nitrogens with zero attached hydrogens (tertiary/aromatic N) is 1. The van der Waals surface area contributed by atoms with Gasteiger partial charge in [-0.1, -0.05) is 36.4 Å². The maximum atomic E-state index is 13.7. The lowest BCUT2D eigenvalue weighted by molar-refractivity contribution is -0.135. The number of amides is 2. The Hall–Kier alpha value is -2.24. The number of benzene rings is 1. The molecule has 24 heavy (non-hydrogen) atoms. The molecule has 0 aromatic heterocycles. The first-order valence-corrected chi connectivity index (χ1v) is 7.96. The highest BCUT2D eigenvalue weighted by atomic mass is 19.3. The van der Waals surface area contributed by atoms with Crippen LogP contribution >= 0.6 is 0 Å². The number of halogens is 2. The van der Waals surface area contributed by atoms with E-state index in [-0.39, 0.29) is 0 Å². The Balaban J connectivity index is 1.77. The molecule has 2 amide bonds. The molecule has 0 bridgehead atoms. The number of alkyl halides is 2. The standard InChI is InChI=1S/C18H20F2N2O2/c1-3-15(23)22-11-18(19,20)10-14(22)16(24)21-17(8-9-17)13-6-4-12(2)5-7-13/h3-7,14H,1,8-11H2,2H3,(H,21,24)/t14-/m1/s1. The summed E-state index contributed by atoms with van der Waals surface area (Å²) in [5, 5.41) is 2.89. The zero-order valence-corrected chi connectivity index (χ0v) is 13.5. The fourth-order valence-electron chi connectivity index (χ4n) is 3.20. The van der Waals surface area contributed by atoms with Gasteiger partial charge in [0.25, 0.3) is 5.92 Å². The largest absolute Gasteiger partial charge is 0.345 e. The molecule has 1 aliphatic carbocycles. The second-order valence-electron chi connectivity index (χ2n) is 6.68. The highest BCUT2D eigenvalue weighted by Gasteiger charge is 2.52. The minimum atomic E-state index is -3.05. The van der Waals surface area contributed by atoms with E-state index in [9.17, 15) is 18.4 Å². The van der Waals surface area contributed by atoms with Gasteiger partial charge in [0.15, 0.2) is 0 Å². The maximum Gasteiger partial charge on any atom is 0.267 e. The summed E-state index contributed by atoms with van der Waals surface area (Å²) in [5.41, 5.74) is 1.58. The molecule has 128 valence electrons. The SMILES string of the molecule is C=CC(=O)N1CC(F)(F)C[C@@H]1C(=O)NC1(c2ccc(C)cc2)CC1. The predicted molar refractivity (Wildman–Crippen MR) is 85.5 cm³/mol. The van der Waals surface area contributed by atoms with Gasteiger partial charge in [0, 0.05) is 6.42 Å². The summed E-state index contributed by atoms with van der Waals surface area (Å²) >= 11 is 0. The van der Waals surface area contributed by atoms with E-state index in [4.69, 9.17) is 0 Å². The maximum absolute atomic E-state index is 13.7. The Morgan fingerprint density at radius 1 is 1.29 bits per heavy atom. The number of likely N-dealkylation sites (tertiary alicyclic amines) is 1. The molecule has 1 aromatic carbocycles. The fourth-order valence-corrected chi connectivity index (χ4v) is 3.20. The van der Waals surface area contributed by atoms with Crippen molar-refractivity contribution < 1.29 is 18.4 Å². The molecule has 1 aromatic rings. The Bertz CT molecular complexity index is 681. The van der Waals surface area contributed by atoms with Gasteiger partial charge in [-0.2, -0.15) is 0 Å². The first-order valence-electron chi connectivity index (χ1n) is 7.96. The van der Waals surface area contributed by atoms with Gasteiger partial charge in [-0.25, -0.2) is 8.78 Å². The van der Waals surface area contributed by atoms with Gasteiger partial charge in [0.2, 0.25) is 11.8 Å². The van der Waals surface area contributed by atoms with Gasteiger partial charge in [-0.15, -0.1) is 0 Å². The Labute approximate surface area is 139 Å². The monoisotopic (exact) mass is 334 g/mol. The van der Waals surface area contributed by atoms with E-state index in [0.717, 1.165) is 34.9 Å². The summed E-state index contributed by atoms with van der Waals surface area (Å²) in [6.07, 6.45) is 1.84. The van der Waals surface area contributed by atoms with E-state index in [0.29, 0.717) is 0 Å². The summed E-state index contributed by atoms with van der Waals surface area (Å²) in [4.78, 5) is 25.3. The lowest BCUT2D eigenvalue weighted by Gasteiger charge is -2.25. The van der Waals surface area contributed by atoms with E-state index >= 15 is 0 Å². The number of hydrogen-bond donors (Lipinski definition) is 1. The normalized spacial score (nSPS) is 23.6. The van der Waals surface area contributed by atoms with Crippen LogP contribution in [0.1, 0.15) is 30.4 Å². The molecule has 1 saturated carbocycles. The number of carbonyl (C=O) groups is 2. The summed E-state index contributed by atoms with van der Waals surface area (Å²) in [6.45, 7) is 4.55. The van der Waals surface area contributed by atoms with Crippen LogP contribution in [0, 0.1) is 6.92 Å². The van der Waals surface area contributed by atoms with E-state index in [1.54, 1.807) is 0 Å². The van der Waals surface area contributed by atoms with E-state index in [1.165, 1.54) is 0 Å². The lowest BCUT2D eigenvalue weighted by atomic mass is 10.0. The number of hydrogen-bond acceptors (Lipinski definition) is 2. The zero-order valence-electron chi connectivity index (χ0n) is 13.5. The van der Waals surface area contributed by atoms with Gasteiger partial charge in [-0.05, 0) is 31.4 Å². The van der Waals surface area contributed by atoms with Crippen molar-refractivity contribution in [3.8, 4) is 0 Å². The second kappa shape index (κ2) is 5.69. The molecule has 0 unspecified atom stereocenters. The molecule has 1 N–H and O–H groups in total. The average molecular weight is 334 g/mol. The van der Waals surface area contributed by atoms with Crippen LogP contribution in [0.5, 0.6) is 0 Å². The summed E-state index contributed by atoms with van der Waals surface area (Å²) in [5.74, 6) is -4.23. The molecule has 0 radical (unpaired) electrons. The Kier molecular flexibility index (Phi) is 3.94. The molecule has 4 nitrogen and oxygen atoms in total. The molecule has 6 heteroatoms. The molecule has 1 aliphatic heterocycles. The molecule has 2 fully saturated rings. The minimum absolute atomic E-state index is 0.494. The van der Waals surface area contributed by atoms with Crippen LogP contribution in [0.4, 0.5) is 8.78 Å². The topological polar surface area (TPSA) is 49.4 Å². The van der Waals surface area contributed by atoms with Crippen LogP contribution in [0.3, 0.4) is 0 Å². The number of nitrogens with one attached hydrogen (secondary N) is 1. The van der Waals surface area contributed by atoms with Crippen molar-refractivity contribution in [1.82, 2.24) is 10.2 Å². The van der Waals surface area contributed by atoms with Crippen LogP contribution in [-0.2, 0) is 15.1 Å². The third-order valence-electron chi connectivity index (χ3n) is 4.75. The van der Waals surface area contributed by atoms with Crippen LogP contribution < -0.4 is 5.32 Å². The van der Waals surface area contributed by atoms with Crippen molar-refractivity contribution in [2.24, 2.45) is 0 Å². The van der Waals surface area contributed by atoms with Crippen LogP contribution in [0.25, 0.3) is 0 Å². The lowest BCUT2D eigenvalue weighted by Crippen LogP contribution is -2.48. The molecular weight excluding hydrogens is 314 g/mol. The fraction of sp³-hybridized carbons (Fsp3) is 0.444. The van der Waals surface area contributed by atoms with E-state index in [1.807, 2.05) is 31.2 Å². The molecule has 1 heterocycles. The average Bonchev–Trinajstić information content (AvgIpc) is 3.23. The van der Waals surface area contributed by atoms with Crippen molar-refractivity contribution in [2.45, 2.75) is 43.7 Å². The van der Waals surface area contributed by atoms with Gasteiger partial charge in [-0.3, -0.25) is 9.59 Å². The smallest absolute Gasteiger partial charge is 0.267 e. The van der Waals surface area contributed by atoms with Gasteiger partial charge >= 0.3 is 0 Å². The quantitative estimate of drug-likeness (QED) is 0.860. The first-order chi connectivity index (χ1) is 11.3. The number of aryl methyl sites for hydroxylation is 1. The Morgan fingerprint density at radius 2 is 1.92 bits per heavy atom. The van der Waals surface area contributed by atoms with Crippen molar-refractivity contribution in [1.29, 1.82) is 0 Å². The molecule has 3 rings (SSSR count).